The van der Waals surface area contributed by atoms with Crippen molar-refractivity contribution in [2.75, 3.05) is 19.6 Å². The number of hydrogen-bond acceptors (Lipinski definition) is 4. The van der Waals surface area contributed by atoms with E-state index in [0.29, 0.717) is 22.7 Å². The summed E-state index contributed by atoms with van der Waals surface area (Å²) in [7, 11) is 1.55. The molecule has 0 saturated carbocycles. The fourth-order valence-corrected chi connectivity index (χ4v) is 1.33. The number of ether oxygens (including phenoxy) is 2. The van der Waals surface area contributed by atoms with E-state index in [-0.39, 0.29) is 12.7 Å². The third-order valence-corrected chi connectivity index (χ3v) is 2.05. The van der Waals surface area contributed by atoms with Gasteiger partial charge in [0.25, 0.3) is 5.91 Å². The molecule has 1 amide bonds. The number of rotatable bonds is 1. The van der Waals surface area contributed by atoms with Gasteiger partial charge in [-0.25, -0.2) is 0 Å². The van der Waals surface area contributed by atoms with Crippen molar-refractivity contribution in [1.29, 1.82) is 0 Å². The standard InChI is InChI=1S/C9H10N2O3/c1-11-9(12)5-2-3-6-8(7(5)10)14-4-13-6/h2-3H,4,10H2,1H3,(H,11,12). The van der Waals surface area contributed by atoms with Crippen LogP contribution in [0.4, 0.5) is 5.69 Å². The third kappa shape index (κ3) is 1.14. The zero-order valence-corrected chi connectivity index (χ0v) is 7.66. The average molecular weight is 194 g/mol. The number of benzene rings is 1. The van der Waals surface area contributed by atoms with E-state index in [4.69, 9.17) is 15.2 Å². The minimum Gasteiger partial charge on any atom is -0.454 e. The first-order chi connectivity index (χ1) is 6.74. The Morgan fingerprint density at radius 2 is 2.29 bits per heavy atom. The van der Waals surface area contributed by atoms with E-state index in [1.807, 2.05) is 0 Å². The molecule has 0 bridgehead atoms. The van der Waals surface area contributed by atoms with Crippen molar-refractivity contribution in [2.45, 2.75) is 0 Å². The van der Waals surface area contributed by atoms with Crippen molar-refractivity contribution >= 4 is 11.6 Å². The Morgan fingerprint density at radius 3 is 3.00 bits per heavy atom. The van der Waals surface area contributed by atoms with Crippen LogP contribution in [0.5, 0.6) is 11.5 Å². The van der Waals surface area contributed by atoms with Crippen LogP contribution in [0.1, 0.15) is 10.4 Å². The van der Waals surface area contributed by atoms with Crippen molar-refractivity contribution in [3.05, 3.63) is 17.7 Å². The second-order valence-corrected chi connectivity index (χ2v) is 2.84. The van der Waals surface area contributed by atoms with Gasteiger partial charge in [0.05, 0.1) is 11.3 Å². The van der Waals surface area contributed by atoms with Crippen molar-refractivity contribution < 1.29 is 14.3 Å². The van der Waals surface area contributed by atoms with Crippen LogP contribution >= 0.6 is 0 Å². The van der Waals surface area contributed by atoms with Gasteiger partial charge in [-0.3, -0.25) is 4.79 Å². The van der Waals surface area contributed by atoms with Gasteiger partial charge in [0.15, 0.2) is 11.5 Å². The molecular weight excluding hydrogens is 184 g/mol. The summed E-state index contributed by atoms with van der Waals surface area (Å²) < 4.78 is 10.3. The highest BCUT2D eigenvalue weighted by atomic mass is 16.7. The Balaban J connectivity index is 2.50. The van der Waals surface area contributed by atoms with Crippen LogP contribution in [-0.2, 0) is 0 Å². The number of amides is 1. The Morgan fingerprint density at radius 1 is 1.50 bits per heavy atom. The summed E-state index contributed by atoms with van der Waals surface area (Å²) in [5, 5.41) is 2.50. The maximum absolute atomic E-state index is 11.3. The van der Waals surface area contributed by atoms with Crippen LogP contribution < -0.4 is 20.5 Å². The maximum atomic E-state index is 11.3. The number of nitrogens with one attached hydrogen (secondary N) is 1. The van der Waals surface area contributed by atoms with Gasteiger partial charge in [0, 0.05) is 7.05 Å². The molecule has 0 unspecified atom stereocenters. The Kier molecular flexibility index (Phi) is 1.92. The second-order valence-electron chi connectivity index (χ2n) is 2.84. The fraction of sp³-hybridized carbons (Fsp3) is 0.222. The highest BCUT2D eigenvalue weighted by Crippen LogP contribution is 2.39. The molecule has 3 N–H and O–H groups in total. The summed E-state index contributed by atoms with van der Waals surface area (Å²) >= 11 is 0. The molecule has 0 saturated heterocycles. The van der Waals surface area contributed by atoms with Crippen LogP contribution in [0, 0.1) is 0 Å². The summed E-state index contributed by atoms with van der Waals surface area (Å²) in [4.78, 5) is 11.3. The van der Waals surface area contributed by atoms with Gasteiger partial charge in [-0.1, -0.05) is 0 Å². The highest BCUT2D eigenvalue weighted by Gasteiger charge is 2.21. The Hall–Kier alpha value is -1.91. The van der Waals surface area contributed by atoms with Crippen LogP contribution in [0.15, 0.2) is 12.1 Å². The molecule has 2 rings (SSSR count). The van der Waals surface area contributed by atoms with Crippen LogP contribution in [0.2, 0.25) is 0 Å². The van der Waals surface area contributed by atoms with Crippen molar-refractivity contribution in [2.24, 2.45) is 0 Å². The van der Waals surface area contributed by atoms with Gasteiger partial charge >= 0.3 is 0 Å². The van der Waals surface area contributed by atoms with E-state index in [2.05, 4.69) is 5.32 Å². The predicted molar refractivity (Wildman–Crippen MR) is 50.4 cm³/mol. The number of fused-ring (bicyclic) bond motifs is 1. The molecule has 1 aliphatic heterocycles. The molecule has 1 aliphatic rings. The zero-order valence-electron chi connectivity index (χ0n) is 7.66. The summed E-state index contributed by atoms with van der Waals surface area (Å²) in [6.07, 6.45) is 0. The second kappa shape index (κ2) is 3.10. The minimum absolute atomic E-state index is 0.150. The molecule has 1 aromatic carbocycles. The topological polar surface area (TPSA) is 73.6 Å². The van der Waals surface area contributed by atoms with Gasteiger partial charge in [-0.2, -0.15) is 0 Å². The lowest BCUT2D eigenvalue weighted by atomic mass is 10.1. The van der Waals surface area contributed by atoms with E-state index in [1.54, 1.807) is 19.2 Å². The molecule has 1 aromatic rings. The van der Waals surface area contributed by atoms with Gasteiger partial charge in [-0.05, 0) is 12.1 Å². The van der Waals surface area contributed by atoms with E-state index < -0.39 is 0 Å². The first-order valence-corrected chi connectivity index (χ1v) is 4.14. The van der Waals surface area contributed by atoms with Gasteiger partial charge in [-0.15, -0.1) is 0 Å². The van der Waals surface area contributed by atoms with Crippen LogP contribution in [0.3, 0.4) is 0 Å². The lowest BCUT2D eigenvalue weighted by molar-refractivity contribution is 0.0963. The molecule has 5 heteroatoms. The number of hydrogen-bond donors (Lipinski definition) is 2. The Bertz CT molecular complexity index is 390. The van der Waals surface area contributed by atoms with Gasteiger partial charge in [0.2, 0.25) is 6.79 Å². The van der Waals surface area contributed by atoms with Crippen LogP contribution in [-0.4, -0.2) is 19.7 Å². The molecule has 0 fully saturated rings. The number of anilines is 1. The monoisotopic (exact) mass is 194 g/mol. The molecule has 0 spiro atoms. The summed E-state index contributed by atoms with van der Waals surface area (Å²) in [5.41, 5.74) is 6.46. The van der Waals surface area contributed by atoms with Crippen molar-refractivity contribution in [3.63, 3.8) is 0 Å². The minimum atomic E-state index is -0.235. The smallest absolute Gasteiger partial charge is 0.253 e. The molecule has 74 valence electrons. The van der Waals surface area contributed by atoms with Gasteiger partial charge < -0.3 is 20.5 Å². The quantitative estimate of drug-likeness (QED) is 0.633. The lowest BCUT2D eigenvalue weighted by Gasteiger charge is -2.06. The summed E-state index contributed by atoms with van der Waals surface area (Å²) in [6, 6.07) is 3.28. The predicted octanol–water partition coefficient (Wildman–Crippen LogP) is 0.357. The maximum Gasteiger partial charge on any atom is 0.253 e. The summed E-state index contributed by atoms with van der Waals surface area (Å²) in [5.74, 6) is 0.794. The van der Waals surface area contributed by atoms with E-state index in [1.165, 1.54) is 0 Å². The van der Waals surface area contributed by atoms with E-state index in [0.717, 1.165) is 0 Å². The van der Waals surface area contributed by atoms with Crippen molar-refractivity contribution in [1.82, 2.24) is 5.32 Å². The molecular formula is C9H10N2O3. The highest BCUT2D eigenvalue weighted by molar-refractivity contribution is 6.00. The molecule has 1 heterocycles. The first kappa shape index (κ1) is 8.68. The van der Waals surface area contributed by atoms with E-state index in [9.17, 15) is 4.79 Å². The third-order valence-electron chi connectivity index (χ3n) is 2.05. The lowest BCUT2D eigenvalue weighted by Crippen LogP contribution is -2.19. The number of nitrogen functional groups attached to an aromatic ring is 1. The number of nitrogens with two attached hydrogens (primary N) is 1. The molecule has 0 aromatic heterocycles. The summed E-state index contributed by atoms with van der Waals surface area (Å²) in [6.45, 7) is 0.150. The molecule has 5 nitrogen and oxygen atoms in total. The molecule has 0 aliphatic carbocycles. The average Bonchev–Trinajstić information content (AvgIpc) is 2.66. The fourth-order valence-electron chi connectivity index (χ4n) is 1.33. The van der Waals surface area contributed by atoms with Gasteiger partial charge in [0.1, 0.15) is 0 Å². The molecule has 0 radical (unpaired) electrons. The van der Waals surface area contributed by atoms with Crippen molar-refractivity contribution in [3.8, 4) is 11.5 Å². The molecule has 0 atom stereocenters. The first-order valence-electron chi connectivity index (χ1n) is 4.14. The SMILES string of the molecule is CNC(=O)c1ccc2c(c1N)OCO2. The van der Waals surface area contributed by atoms with E-state index >= 15 is 0 Å². The number of carbonyl (C=O) groups is 1. The number of carbonyl (C=O) groups excluding carboxylic acids is 1. The Labute approximate surface area is 80.8 Å². The molecule has 14 heavy (non-hydrogen) atoms. The largest absolute Gasteiger partial charge is 0.454 e. The van der Waals surface area contributed by atoms with Crippen LogP contribution in [0.25, 0.3) is 0 Å². The zero-order chi connectivity index (χ0) is 10.1. The normalized spacial score (nSPS) is 12.6.